The van der Waals surface area contributed by atoms with Crippen molar-refractivity contribution in [1.82, 2.24) is 20.8 Å². The van der Waals surface area contributed by atoms with E-state index in [1.807, 2.05) is 0 Å². The van der Waals surface area contributed by atoms with Crippen molar-refractivity contribution < 1.29 is 27.9 Å². The van der Waals surface area contributed by atoms with Crippen LogP contribution in [0.25, 0.3) is 10.6 Å². The van der Waals surface area contributed by atoms with E-state index >= 15 is 8.78 Å². The number of hydrogen-bond donors (Lipinski definition) is 2. The smallest absolute Gasteiger partial charge is 0.328 e. The fourth-order valence-corrected chi connectivity index (χ4v) is 5.55. The topological polar surface area (TPSA) is 114 Å². The largest absolute Gasteiger partial charge is 0.372 e. The Morgan fingerprint density at radius 3 is 2.55 bits per heavy atom. The summed E-state index contributed by atoms with van der Waals surface area (Å²) in [6.45, 7) is 3.57. The first-order chi connectivity index (χ1) is 14.7. The summed E-state index contributed by atoms with van der Waals surface area (Å²) in [5, 5.41) is 12.0. The highest BCUT2D eigenvalue weighted by atomic mass is 32.1. The zero-order valence-corrected chi connectivity index (χ0v) is 17.3. The van der Waals surface area contributed by atoms with Crippen molar-refractivity contribution in [3.63, 3.8) is 0 Å². The number of amides is 4. The van der Waals surface area contributed by atoms with Crippen molar-refractivity contribution in [3.05, 3.63) is 28.8 Å². The highest BCUT2D eigenvalue weighted by molar-refractivity contribution is 7.12. The number of urea groups is 1. The van der Waals surface area contributed by atoms with Gasteiger partial charge in [0, 0.05) is 13.0 Å². The Balaban J connectivity index is 1.76. The number of nitrogens with one attached hydrogen (secondary N) is 2. The molecule has 0 radical (unpaired) electrons. The molecule has 5 rings (SSSR count). The number of barbiturate groups is 1. The van der Waals surface area contributed by atoms with Crippen LogP contribution in [-0.4, -0.2) is 52.8 Å². The van der Waals surface area contributed by atoms with Crippen molar-refractivity contribution in [2.75, 3.05) is 11.4 Å². The van der Waals surface area contributed by atoms with E-state index in [-0.39, 0.29) is 40.9 Å². The number of nitrogens with zero attached hydrogens (tertiary/aromatic N) is 3. The Hall–Kier alpha value is -2.99. The van der Waals surface area contributed by atoms with Crippen molar-refractivity contribution in [1.29, 1.82) is 0 Å². The molecular formula is C19H17F2N5O4S. The van der Waals surface area contributed by atoms with Crippen LogP contribution in [0.5, 0.6) is 0 Å². The van der Waals surface area contributed by atoms with Gasteiger partial charge in [-0.25, -0.2) is 13.6 Å². The first-order valence-corrected chi connectivity index (χ1v) is 10.5. The molecular weight excluding hydrogens is 432 g/mol. The molecule has 162 valence electrons. The molecule has 31 heavy (non-hydrogen) atoms. The number of carbonyl (C=O) groups excluding carboxylic acids is 3. The monoisotopic (exact) mass is 449 g/mol. The lowest BCUT2D eigenvalue weighted by Gasteiger charge is -2.55. The Labute approximate surface area is 178 Å². The Morgan fingerprint density at radius 1 is 1.19 bits per heavy atom. The van der Waals surface area contributed by atoms with E-state index in [0.717, 1.165) is 11.3 Å². The van der Waals surface area contributed by atoms with Crippen LogP contribution in [0.1, 0.15) is 19.4 Å². The molecule has 4 amide bonds. The number of morpholine rings is 1. The second-order valence-electron chi connectivity index (χ2n) is 7.94. The minimum atomic E-state index is -1.76. The number of halogens is 2. The third-order valence-electron chi connectivity index (χ3n) is 6.06. The second-order valence-corrected chi connectivity index (χ2v) is 8.77. The summed E-state index contributed by atoms with van der Waals surface area (Å²) in [4.78, 5) is 39.4. The molecule has 2 aromatic rings. The van der Waals surface area contributed by atoms with Gasteiger partial charge in [0.2, 0.25) is 11.8 Å². The van der Waals surface area contributed by atoms with Gasteiger partial charge >= 0.3 is 6.03 Å². The van der Waals surface area contributed by atoms with Crippen molar-refractivity contribution in [2.45, 2.75) is 38.5 Å². The van der Waals surface area contributed by atoms with E-state index in [2.05, 4.69) is 20.8 Å². The average Bonchev–Trinajstić information content (AvgIpc) is 3.22. The molecule has 3 aliphatic rings. The van der Waals surface area contributed by atoms with Crippen molar-refractivity contribution in [3.8, 4) is 10.6 Å². The number of hydrogen-bond acceptors (Lipinski definition) is 8. The molecule has 3 aliphatic heterocycles. The van der Waals surface area contributed by atoms with Gasteiger partial charge in [-0.05, 0) is 25.5 Å². The van der Waals surface area contributed by atoms with Crippen LogP contribution in [0.15, 0.2) is 11.6 Å². The predicted molar refractivity (Wildman–Crippen MR) is 104 cm³/mol. The molecule has 3 atom stereocenters. The Kier molecular flexibility index (Phi) is 4.35. The summed E-state index contributed by atoms with van der Waals surface area (Å²) in [5.41, 5.74) is -0.220. The molecule has 0 aliphatic carbocycles. The van der Waals surface area contributed by atoms with E-state index in [1.165, 1.54) is 16.5 Å². The highest BCUT2D eigenvalue weighted by Gasteiger charge is 2.63. The molecule has 1 aromatic carbocycles. The predicted octanol–water partition coefficient (Wildman–Crippen LogP) is 1.37. The molecule has 2 fully saturated rings. The number of benzene rings is 1. The van der Waals surface area contributed by atoms with E-state index in [0.29, 0.717) is 0 Å². The summed E-state index contributed by atoms with van der Waals surface area (Å²) >= 11 is 1.04. The van der Waals surface area contributed by atoms with E-state index in [9.17, 15) is 14.4 Å². The summed E-state index contributed by atoms with van der Waals surface area (Å²) in [6, 6.07) is -0.463. The summed E-state index contributed by atoms with van der Waals surface area (Å²) in [7, 11) is 0. The van der Waals surface area contributed by atoms with Gasteiger partial charge in [0.1, 0.15) is 5.51 Å². The maximum Gasteiger partial charge on any atom is 0.328 e. The zero-order valence-electron chi connectivity index (χ0n) is 16.4. The lowest BCUT2D eigenvalue weighted by Crippen LogP contribution is -2.75. The SMILES string of the molecule is C[C@H]1CN2c3c(cc(-c4nncs4)c(F)c3F)CC3(C(=O)NC(=O)NC3=O)C2[C@@H](C)O1. The third-order valence-corrected chi connectivity index (χ3v) is 6.78. The van der Waals surface area contributed by atoms with Crippen LogP contribution in [0.2, 0.25) is 0 Å². The average molecular weight is 449 g/mol. The molecule has 2 N–H and O–H groups in total. The number of imide groups is 2. The zero-order chi connectivity index (χ0) is 22.1. The minimum absolute atomic E-state index is 0.0131. The normalized spacial score (nSPS) is 26.9. The van der Waals surface area contributed by atoms with Crippen molar-refractivity contribution >= 4 is 34.9 Å². The molecule has 4 heterocycles. The molecule has 9 nitrogen and oxygen atoms in total. The fraction of sp³-hybridized carbons (Fsp3) is 0.421. The molecule has 0 saturated carbocycles. The van der Waals surface area contributed by atoms with Gasteiger partial charge in [-0.15, -0.1) is 10.2 Å². The molecule has 12 heteroatoms. The molecule has 1 unspecified atom stereocenters. The minimum Gasteiger partial charge on any atom is -0.372 e. The second kappa shape index (κ2) is 6.76. The van der Waals surface area contributed by atoms with Gasteiger partial charge < -0.3 is 9.64 Å². The van der Waals surface area contributed by atoms with E-state index < -0.39 is 47.0 Å². The number of ether oxygens (including phenoxy) is 1. The third kappa shape index (κ3) is 2.71. The van der Waals surface area contributed by atoms with Gasteiger partial charge in [-0.3, -0.25) is 20.2 Å². The van der Waals surface area contributed by atoms with Gasteiger partial charge in [0.05, 0.1) is 29.5 Å². The molecule has 0 bridgehead atoms. The van der Waals surface area contributed by atoms with Gasteiger partial charge in [0.25, 0.3) is 0 Å². The maximum atomic E-state index is 15.4. The number of anilines is 1. The Bertz CT molecular complexity index is 1100. The number of rotatable bonds is 1. The van der Waals surface area contributed by atoms with Crippen molar-refractivity contribution in [2.24, 2.45) is 5.41 Å². The maximum absolute atomic E-state index is 15.4. The quantitative estimate of drug-likeness (QED) is 0.633. The van der Waals surface area contributed by atoms with E-state index in [1.54, 1.807) is 13.8 Å². The fourth-order valence-electron chi connectivity index (χ4n) is 4.98. The number of carbonyl (C=O) groups is 3. The van der Waals surface area contributed by atoms with Gasteiger partial charge in [-0.1, -0.05) is 11.3 Å². The van der Waals surface area contributed by atoms with Crippen LogP contribution in [-0.2, 0) is 20.7 Å². The summed E-state index contributed by atoms with van der Waals surface area (Å²) in [5.74, 6) is -3.76. The van der Waals surface area contributed by atoms with Gasteiger partial charge in [0.15, 0.2) is 22.1 Å². The van der Waals surface area contributed by atoms with Gasteiger partial charge in [-0.2, -0.15) is 0 Å². The van der Waals surface area contributed by atoms with E-state index in [4.69, 9.17) is 4.74 Å². The number of aromatic nitrogens is 2. The van der Waals surface area contributed by atoms with Crippen LogP contribution in [0.3, 0.4) is 0 Å². The van der Waals surface area contributed by atoms with Crippen LogP contribution in [0, 0.1) is 17.0 Å². The highest BCUT2D eigenvalue weighted by Crippen LogP contribution is 2.49. The first kappa shape index (κ1) is 19.9. The molecule has 2 saturated heterocycles. The molecule has 1 aromatic heterocycles. The lowest BCUT2D eigenvalue weighted by molar-refractivity contribution is -0.153. The summed E-state index contributed by atoms with van der Waals surface area (Å²) < 4.78 is 36.3. The van der Waals surface area contributed by atoms with Crippen LogP contribution < -0.4 is 15.5 Å². The first-order valence-electron chi connectivity index (χ1n) is 9.60. The molecule has 1 spiro atoms. The summed E-state index contributed by atoms with van der Waals surface area (Å²) in [6.07, 6.45) is -1.28. The van der Waals surface area contributed by atoms with Crippen LogP contribution in [0.4, 0.5) is 19.3 Å². The number of fused-ring (bicyclic) bond motifs is 4. The standard InChI is InChI=1S/C19H17F2N5O4S/c1-7-5-26-13-9(3-10(11(20)12(13)21)15-25-22-6-31-15)4-19(14(26)8(2)30-7)16(27)23-18(29)24-17(19)28/h3,6-8,14H,4-5H2,1-2H3,(H2,23,24,27,28,29)/t7-,8+,14?/m0/s1. The Morgan fingerprint density at radius 2 is 1.90 bits per heavy atom. The van der Waals surface area contributed by atoms with Crippen LogP contribution >= 0.6 is 11.3 Å². The lowest BCUT2D eigenvalue weighted by atomic mass is 9.66.